The van der Waals surface area contributed by atoms with Crippen LogP contribution in [0.4, 0.5) is 0 Å². The second-order valence-corrected chi connectivity index (χ2v) is 5.72. The van der Waals surface area contributed by atoms with Crippen molar-refractivity contribution in [2.24, 2.45) is 11.7 Å². The normalized spacial score (nSPS) is 21.3. The SMILES string of the molecule is CC(N)C(C)C(=O)N1CCOC(c2ccccc2Cl)C1.Cl. The molecule has 1 aromatic rings. The Balaban J connectivity index is 0.00000220. The van der Waals surface area contributed by atoms with Crippen LogP contribution in [0.1, 0.15) is 25.5 Å². The number of morpholine rings is 1. The number of hydrogen-bond acceptors (Lipinski definition) is 3. The summed E-state index contributed by atoms with van der Waals surface area (Å²) >= 11 is 6.19. The lowest BCUT2D eigenvalue weighted by Crippen LogP contribution is -2.47. The van der Waals surface area contributed by atoms with E-state index in [1.165, 1.54) is 0 Å². The third kappa shape index (κ3) is 4.33. The van der Waals surface area contributed by atoms with Gasteiger partial charge in [0.05, 0.1) is 19.1 Å². The quantitative estimate of drug-likeness (QED) is 0.925. The predicted molar refractivity (Wildman–Crippen MR) is 86.8 cm³/mol. The molecule has 21 heavy (non-hydrogen) atoms. The summed E-state index contributed by atoms with van der Waals surface area (Å²) in [6.45, 7) is 5.38. The van der Waals surface area contributed by atoms with Gasteiger partial charge in [0.1, 0.15) is 6.10 Å². The van der Waals surface area contributed by atoms with Crippen LogP contribution in [0.25, 0.3) is 0 Å². The molecule has 0 aliphatic carbocycles. The molecule has 1 fully saturated rings. The number of hydrogen-bond donors (Lipinski definition) is 1. The Bertz CT molecular complexity index is 482. The number of nitrogens with two attached hydrogens (primary N) is 1. The summed E-state index contributed by atoms with van der Waals surface area (Å²) in [7, 11) is 0. The fourth-order valence-corrected chi connectivity index (χ4v) is 2.54. The molecule has 4 nitrogen and oxygen atoms in total. The predicted octanol–water partition coefficient (Wildman–Crippen LogP) is 2.65. The van der Waals surface area contributed by atoms with Crippen LogP contribution in [0.5, 0.6) is 0 Å². The number of benzene rings is 1. The van der Waals surface area contributed by atoms with Crippen molar-refractivity contribution < 1.29 is 9.53 Å². The number of carbonyl (C=O) groups is 1. The van der Waals surface area contributed by atoms with Crippen molar-refractivity contribution in [1.29, 1.82) is 0 Å². The van der Waals surface area contributed by atoms with Gasteiger partial charge >= 0.3 is 0 Å². The van der Waals surface area contributed by atoms with E-state index >= 15 is 0 Å². The molecule has 0 aromatic heterocycles. The van der Waals surface area contributed by atoms with E-state index in [2.05, 4.69) is 0 Å². The van der Waals surface area contributed by atoms with Gasteiger partial charge in [0.25, 0.3) is 0 Å². The van der Waals surface area contributed by atoms with Crippen LogP contribution in [0.2, 0.25) is 5.02 Å². The highest BCUT2D eigenvalue weighted by atomic mass is 35.5. The van der Waals surface area contributed by atoms with E-state index in [0.717, 1.165) is 5.56 Å². The second-order valence-electron chi connectivity index (χ2n) is 5.31. The molecule has 1 heterocycles. The maximum Gasteiger partial charge on any atom is 0.227 e. The van der Waals surface area contributed by atoms with Crippen LogP contribution < -0.4 is 5.73 Å². The summed E-state index contributed by atoms with van der Waals surface area (Å²) in [5.41, 5.74) is 6.74. The molecule has 0 radical (unpaired) electrons. The van der Waals surface area contributed by atoms with E-state index in [1.54, 1.807) is 0 Å². The largest absolute Gasteiger partial charge is 0.370 e. The van der Waals surface area contributed by atoms with Crippen LogP contribution in [0, 0.1) is 5.92 Å². The van der Waals surface area contributed by atoms with Gasteiger partial charge in [-0.15, -0.1) is 12.4 Å². The summed E-state index contributed by atoms with van der Waals surface area (Å²) in [4.78, 5) is 14.2. The highest BCUT2D eigenvalue weighted by Crippen LogP contribution is 2.28. The van der Waals surface area contributed by atoms with Crippen molar-refractivity contribution in [2.45, 2.75) is 26.0 Å². The minimum Gasteiger partial charge on any atom is -0.370 e. The number of carbonyl (C=O) groups excluding carboxylic acids is 1. The smallest absolute Gasteiger partial charge is 0.227 e. The fraction of sp³-hybridized carbons (Fsp3) is 0.533. The zero-order chi connectivity index (χ0) is 14.7. The molecular weight excluding hydrogens is 311 g/mol. The van der Waals surface area contributed by atoms with Gasteiger partial charge in [0.15, 0.2) is 0 Å². The lowest BCUT2D eigenvalue weighted by molar-refractivity contribution is -0.143. The Morgan fingerprint density at radius 1 is 1.43 bits per heavy atom. The molecule has 0 saturated carbocycles. The van der Waals surface area contributed by atoms with Crippen molar-refractivity contribution >= 4 is 29.9 Å². The first kappa shape index (κ1) is 18.2. The summed E-state index contributed by atoms with van der Waals surface area (Å²) < 4.78 is 5.76. The minimum absolute atomic E-state index is 0. The number of ether oxygens (including phenoxy) is 1. The monoisotopic (exact) mass is 332 g/mol. The van der Waals surface area contributed by atoms with E-state index in [0.29, 0.717) is 24.7 Å². The molecule has 1 aliphatic heterocycles. The Kier molecular flexibility index (Phi) is 6.94. The van der Waals surface area contributed by atoms with Crippen LogP contribution in [-0.4, -0.2) is 36.5 Å². The zero-order valence-corrected chi connectivity index (χ0v) is 13.9. The van der Waals surface area contributed by atoms with E-state index in [9.17, 15) is 4.79 Å². The van der Waals surface area contributed by atoms with Crippen LogP contribution in [0.15, 0.2) is 24.3 Å². The number of amides is 1. The third-order valence-corrected chi connectivity index (χ3v) is 4.15. The highest BCUT2D eigenvalue weighted by molar-refractivity contribution is 6.31. The molecule has 1 aromatic carbocycles. The molecule has 0 bridgehead atoms. The minimum atomic E-state index is -0.181. The maximum absolute atomic E-state index is 12.4. The average molecular weight is 333 g/mol. The Hall–Kier alpha value is -0.810. The Morgan fingerprint density at radius 2 is 2.10 bits per heavy atom. The van der Waals surface area contributed by atoms with Crippen LogP contribution >= 0.6 is 24.0 Å². The lowest BCUT2D eigenvalue weighted by Gasteiger charge is -2.35. The van der Waals surface area contributed by atoms with Crippen molar-refractivity contribution in [3.8, 4) is 0 Å². The fourth-order valence-electron chi connectivity index (χ4n) is 2.29. The second kappa shape index (κ2) is 7.99. The van der Waals surface area contributed by atoms with Crippen molar-refractivity contribution in [3.63, 3.8) is 0 Å². The molecular formula is C15H22Cl2N2O2. The molecule has 2 N–H and O–H groups in total. The first-order valence-corrected chi connectivity index (χ1v) is 7.29. The van der Waals surface area contributed by atoms with E-state index in [1.807, 2.05) is 43.0 Å². The van der Waals surface area contributed by atoms with Gasteiger partial charge in [0.2, 0.25) is 5.91 Å². The van der Waals surface area contributed by atoms with Crippen LogP contribution in [-0.2, 0) is 9.53 Å². The number of nitrogens with zero attached hydrogens (tertiary/aromatic N) is 1. The molecule has 0 spiro atoms. The molecule has 1 amide bonds. The van der Waals surface area contributed by atoms with Gasteiger partial charge in [-0.2, -0.15) is 0 Å². The van der Waals surface area contributed by atoms with Crippen LogP contribution in [0.3, 0.4) is 0 Å². The molecule has 1 saturated heterocycles. The average Bonchev–Trinajstić information content (AvgIpc) is 2.46. The third-order valence-electron chi connectivity index (χ3n) is 3.81. The summed E-state index contributed by atoms with van der Waals surface area (Å²) in [6.07, 6.45) is -0.165. The van der Waals surface area contributed by atoms with Gasteiger partial charge in [-0.25, -0.2) is 0 Å². The van der Waals surface area contributed by atoms with E-state index in [4.69, 9.17) is 22.1 Å². The molecule has 1 aliphatic rings. The first-order valence-electron chi connectivity index (χ1n) is 6.91. The van der Waals surface area contributed by atoms with E-state index < -0.39 is 0 Å². The molecule has 6 heteroatoms. The maximum atomic E-state index is 12.4. The summed E-state index contributed by atoms with van der Waals surface area (Å²) in [5, 5.41) is 0.673. The topological polar surface area (TPSA) is 55.6 Å². The van der Waals surface area contributed by atoms with Crippen molar-refractivity contribution in [2.75, 3.05) is 19.7 Å². The summed E-state index contributed by atoms with van der Waals surface area (Å²) in [5.74, 6) is -0.0969. The van der Waals surface area contributed by atoms with Crippen molar-refractivity contribution in [1.82, 2.24) is 4.90 Å². The standard InChI is InChI=1S/C15H21ClN2O2.ClH/c1-10(11(2)17)15(19)18-7-8-20-14(9-18)12-5-3-4-6-13(12)16;/h3-6,10-11,14H,7-9,17H2,1-2H3;1H. The molecule has 3 atom stereocenters. The molecule has 2 rings (SSSR count). The summed E-state index contributed by atoms with van der Waals surface area (Å²) in [6, 6.07) is 7.44. The lowest BCUT2D eigenvalue weighted by atomic mass is 10.0. The number of halogens is 2. The highest BCUT2D eigenvalue weighted by Gasteiger charge is 2.30. The number of rotatable bonds is 3. The van der Waals surface area contributed by atoms with Gasteiger partial charge in [-0.3, -0.25) is 4.79 Å². The van der Waals surface area contributed by atoms with Gasteiger partial charge in [-0.1, -0.05) is 36.7 Å². The molecule has 118 valence electrons. The van der Waals surface area contributed by atoms with E-state index in [-0.39, 0.29) is 36.4 Å². The first-order chi connectivity index (χ1) is 9.50. The molecule has 3 unspecified atom stereocenters. The van der Waals surface area contributed by atoms with Gasteiger partial charge in [-0.05, 0) is 13.0 Å². The zero-order valence-electron chi connectivity index (χ0n) is 12.3. The van der Waals surface area contributed by atoms with Gasteiger partial charge in [0, 0.05) is 23.2 Å². The van der Waals surface area contributed by atoms with Gasteiger partial charge < -0.3 is 15.4 Å². The Labute approximate surface area is 137 Å². The van der Waals surface area contributed by atoms with Crippen molar-refractivity contribution in [3.05, 3.63) is 34.9 Å². The Morgan fingerprint density at radius 3 is 2.71 bits per heavy atom.